The number of carbonyl (C=O) groups is 1. The maximum Gasteiger partial charge on any atom is 0.358 e. The highest BCUT2D eigenvalue weighted by Crippen LogP contribution is 2.28. The lowest BCUT2D eigenvalue weighted by molar-refractivity contribution is 0.0688. The number of aryl methyl sites for hydroxylation is 1. The summed E-state index contributed by atoms with van der Waals surface area (Å²) < 4.78 is 10.1. The highest BCUT2D eigenvalue weighted by molar-refractivity contribution is 6.02. The van der Waals surface area contributed by atoms with Crippen LogP contribution in [0.2, 0.25) is 0 Å². The molecule has 1 N–H and O–H groups in total. The van der Waals surface area contributed by atoms with Crippen LogP contribution in [0.25, 0.3) is 11.0 Å². The van der Waals surface area contributed by atoms with Gasteiger partial charge in [-0.05, 0) is 18.1 Å². The Balaban J connectivity index is 2.77. The first-order valence-electron chi connectivity index (χ1n) is 4.87. The summed E-state index contributed by atoms with van der Waals surface area (Å²) in [4.78, 5) is 10.9. The molecule has 16 heavy (non-hydrogen) atoms. The van der Waals surface area contributed by atoms with E-state index in [-0.39, 0.29) is 5.69 Å². The largest absolute Gasteiger partial charge is 0.497 e. The van der Waals surface area contributed by atoms with Gasteiger partial charge in [-0.2, -0.15) is 0 Å². The molecule has 0 amide bonds. The normalized spacial score (nSPS) is 10.6. The van der Waals surface area contributed by atoms with Gasteiger partial charge in [0.25, 0.3) is 0 Å². The highest BCUT2D eigenvalue weighted by Gasteiger charge is 2.18. The quantitative estimate of drug-likeness (QED) is 0.859. The third-order valence-corrected chi connectivity index (χ3v) is 2.45. The standard InChI is InChI=1S/C11H11NO4/c1-3-6-4-7(15-2)5-8-9(6)10(11(13)14)12-16-8/h4-5H,3H2,1-2H3,(H,13,14). The molecule has 0 saturated carbocycles. The van der Waals surface area contributed by atoms with E-state index in [2.05, 4.69) is 5.16 Å². The Kier molecular flexibility index (Phi) is 2.52. The van der Waals surface area contributed by atoms with E-state index in [1.165, 1.54) is 0 Å². The van der Waals surface area contributed by atoms with Crippen LogP contribution in [0.3, 0.4) is 0 Å². The van der Waals surface area contributed by atoms with Gasteiger partial charge in [0.2, 0.25) is 0 Å². The number of ether oxygens (including phenoxy) is 1. The van der Waals surface area contributed by atoms with Crippen molar-refractivity contribution in [3.05, 3.63) is 23.4 Å². The second kappa shape index (κ2) is 3.84. The van der Waals surface area contributed by atoms with Crippen LogP contribution >= 0.6 is 0 Å². The van der Waals surface area contributed by atoms with Gasteiger partial charge in [0, 0.05) is 6.07 Å². The minimum Gasteiger partial charge on any atom is -0.497 e. The maximum atomic E-state index is 10.9. The molecule has 5 nitrogen and oxygen atoms in total. The lowest BCUT2D eigenvalue weighted by Crippen LogP contribution is -1.98. The van der Waals surface area contributed by atoms with Crippen molar-refractivity contribution in [3.63, 3.8) is 0 Å². The summed E-state index contributed by atoms with van der Waals surface area (Å²) in [5.74, 6) is -0.448. The number of hydrogen-bond donors (Lipinski definition) is 1. The van der Waals surface area contributed by atoms with E-state index in [9.17, 15) is 4.79 Å². The van der Waals surface area contributed by atoms with Gasteiger partial charge < -0.3 is 14.4 Å². The molecule has 2 aromatic rings. The third kappa shape index (κ3) is 1.50. The molecule has 0 aliphatic rings. The average molecular weight is 221 g/mol. The van der Waals surface area contributed by atoms with E-state index < -0.39 is 5.97 Å². The summed E-state index contributed by atoms with van der Waals surface area (Å²) in [6.45, 7) is 1.94. The Morgan fingerprint density at radius 1 is 1.56 bits per heavy atom. The predicted molar refractivity (Wildman–Crippen MR) is 56.9 cm³/mol. The van der Waals surface area contributed by atoms with Crippen molar-refractivity contribution in [1.82, 2.24) is 5.16 Å². The second-order valence-corrected chi connectivity index (χ2v) is 3.35. The predicted octanol–water partition coefficient (Wildman–Crippen LogP) is 2.10. The molecule has 1 heterocycles. The lowest BCUT2D eigenvalue weighted by atomic mass is 10.1. The van der Waals surface area contributed by atoms with Crippen molar-refractivity contribution in [3.8, 4) is 5.75 Å². The number of methoxy groups -OCH3 is 1. The molecule has 1 aromatic carbocycles. The van der Waals surface area contributed by atoms with Crippen molar-refractivity contribution in [2.24, 2.45) is 0 Å². The van der Waals surface area contributed by atoms with Crippen LogP contribution in [-0.4, -0.2) is 23.3 Å². The third-order valence-electron chi connectivity index (χ3n) is 2.45. The molecule has 0 aliphatic carbocycles. The van der Waals surface area contributed by atoms with E-state index in [1.54, 1.807) is 19.2 Å². The molecule has 0 unspecified atom stereocenters. The van der Waals surface area contributed by atoms with Crippen LogP contribution in [0.4, 0.5) is 0 Å². The van der Waals surface area contributed by atoms with Gasteiger partial charge in [-0.15, -0.1) is 0 Å². The first kappa shape index (κ1) is 10.5. The number of hydrogen-bond acceptors (Lipinski definition) is 4. The van der Waals surface area contributed by atoms with E-state index in [1.807, 2.05) is 6.92 Å². The zero-order valence-corrected chi connectivity index (χ0v) is 8.98. The van der Waals surface area contributed by atoms with Crippen molar-refractivity contribution in [2.45, 2.75) is 13.3 Å². The van der Waals surface area contributed by atoms with Crippen LogP contribution in [0.15, 0.2) is 16.7 Å². The molecule has 1 aromatic heterocycles. The molecule has 0 spiro atoms. The fourth-order valence-electron chi connectivity index (χ4n) is 1.67. The molecule has 0 fully saturated rings. The number of rotatable bonds is 3. The van der Waals surface area contributed by atoms with Crippen LogP contribution < -0.4 is 4.74 Å². The Hall–Kier alpha value is -2.04. The van der Waals surface area contributed by atoms with Crippen molar-refractivity contribution in [1.29, 1.82) is 0 Å². The zero-order chi connectivity index (χ0) is 11.7. The number of carboxylic acid groups (broad SMARTS) is 1. The second-order valence-electron chi connectivity index (χ2n) is 3.35. The monoisotopic (exact) mass is 221 g/mol. The van der Waals surface area contributed by atoms with Gasteiger partial charge in [0.15, 0.2) is 11.3 Å². The molecular formula is C11H11NO4. The van der Waals surface area contributed by atoms with Gasteiger partial charge in [0.1, 0.15) is 5.75 Å². The number of carboxylic acids is 1. The fraction of sp³-hybridized carbons (Fsp3) is 0.273. The Bertz CT molecular complexity index is 544. The van der Waals surface area contributed by atoms with E-state index in [4.69, 9.17) is 14.4 Å². The molecular weight excluding hydrogens is 210 g/mol. The van der Waals surface area contributed by atoms with E-state index in [0.717, 1.165) is 5.56 Å². The Labute approximate surface area is 91.6 Å². The van der Waals surface area contributed by atoms with Crippen molar-refractivity contribution < 1.29 is 19.2 Å². The molecule has 5 heteroatoms. The molecule has 0 aliphatic heterocycles. The van der Waals surface area contributed by atoms with Crippen molar-refractivity contribution in [2.75, 3.05) is 7.11 Å². The Morgan fingerprint density at radius 3 is 2.88 bits per heavy atom. The molecule has 2 rings (SSSR count). The van der Waals surface area contributed by atoms with Gasteiger partial charge in [-0.1, -0.05) is 12.1 Å². The lowest BCUT2D eigenvalue weighted by Gasteiger charge is -2.03. The zero-order valence-electron chi connectivity index (χ0n) is 8.98. The van der Waals surface area contributed by atoms with Crippen LogP contribution in [-0.2, 0) is 6.42 Å². The van der Waals surface area contributed by atoms with Gasteiger partial charge in [0.05, 0.1) is 12.5 Å². The average Bonchev–Trinajstić information content (AvgIpc) is 2.71. The van der Waals surface area contributed by atoms with E-state index in [0.29, 0.717) is 23.1 Å². The number of fused-ring (bicyclic) bond motifs is 1. The molecule has 0 saturated heterocycles. The minimum absolute atomic E-state index is 0.0468. The summed E-state index contributed by atoms with van der Waals surface area (Å²) in [5, 5.41) is 13.1. The molecule has 0 bridgehead atoms. The molecule has 0 radical (unpaired) electrons. The smallest absolute Gasteiger partial charge is 0.358 e. The van der Waals surface area contributed by atoms with Gasteiger partial charge in [-0.25, -0.2) is 4.79 Å². The fourth-order valence-corrected chi connectivity index (χ4v) is 1.67. The van der Waals surface area contributed by atoms with Crippen LogP contribution in [0.1, 0.15) is 23.0 Å². The van der Waals surface area contributed by atoms with Crippen LogP contribution in [0.5, 0.6) is 5.75 Å². The van der Waals surface area contributed by atoms with Crippen LogP contribution in [0, 0.1) is 0 Å². The van der Waals surface area contributed by atoms with Gasteiger partial charge >= 0.3 is 5.97 Å². The summed E-state index contributed by atoms with van der Waals surface area (Å²) >= 11 is 0. The van der Waals surface area contributed by atoms with Gasteiger partial charge in [-0.3, -0.25) is 0 Å². The van der Waals surface area contributed by atoms with Crippen molar-refractivity contribution >= 4 is 16.9 Å². The first-order valence-corrected chi connectivity index (χ1v) is 4.87. The Morgan fingerprint density at radius 2 is 2.31 bits per heavy atom. The molecule has 0 atom stereocenters. The minimum atomic E-state index is -1.08. The number of aromatic nitrogens is 1. The SMILES string of the molecule is CCc1cc(OC)cc2onc(C(=O)O)c12. The number of nitrogens with zero attached hydrogens (tertiary/aromatic N) is 1. The maximum absolute atomic E-state index is 10.9. The summed E-state index contributed by atoms with van der Waals surface area (Å²) in [5.41, 5.74) is 1.25. The summed E-state index contributed by atoms with van der Waals surface area (Å²) in [6.07, 6.45) is 0.690. The number of benzene rings is 1. The topological polar surface area (TPSA) is 72.6 Å². The first-order chi connectivity index (χ1) is 7.67. The molecule has 84 valence electrons. The summed E-state index contributed by atoms with van der Waals surface area (Å²) in [6, 6.07) is 3.43. The highest BCUT2D eigenvalue weighted by atomic mass is 16.5. The van der Waals surface area contributed by atoms with E-state index >= 15 is 0 Å². The number of aromatic carboxylic acids is 1. The summed E-state index contributed by atoms with van der Waals surface area (Å²) in [7, 11) is 1.55.